The molecule has 3 atom stereocenters. The maximum absolute atomic E-state index is 12.6. The SMILES string of the molecule is CC1CCc2sc(C(=O)N3CC(O)CC3C(N)=O)cc2C1. The van der Waals surface area contributed by atoms with E-state index in [1.807, 2.05) is 6.07 Å². The maximum Gasteiger partial charge on any atom is 0.264 e. The first-order valence-corrected chi connectivity index (χ1v) is 8.17. The summed E-state index contributed by atoms with van der Waals surface area (Å²) in [5.41, 5.74) is 6.60. The number of β-amino-alcohol motifs (C(OH)–C–C–N with tert-alkyl or cyclic N) is 1. The molecule has 2 aliphatic rings. The maximum atomic E-state index is 12.6. The molecule has 3 rings (SSSR count). The Kier molecular flexibility index (Phi) is 3.75. The number of hydrogen-bond acceptors (Lipinski definition) is 4. The Morgan fingerprint density at radius 2 is 2.24 bits per heavy atom. The summed E-state index contributed by atoms with van der Waals surface area (Å²) in [4.78, 5) is 27.4. The summed E-state index contributed by atoms with van der Waals surface area (Å²) in [5, 5.41) is 9.71. The fourth-order valence-electron chi connectivity index (χ4n) is 3.26. The highest BCUT2D eigenvalue weighted by molar-refractivity contribution is 7.14. The number of fused-ring (bicyclic) bond motifs is 1. The fraction of sp³-hybridized carbons (Fsp3) is 0.600. The van der Waals surface area contributed by atoms with E-state index in [1.54, 1.807) is 0 Å². The molecule has 0 aromatic carbocycles. The molecule has 1 aromatic heterocycles. The van der Waals surface area contributed by atoms with Gasteiger partial charge in [-0.2, -0.15) is 0 Å². The predicted octanol–water partition coefficient (Wildman–Crippen LogP) is 0.934. The zero-order chi connectivity index (χ0) is 15.1. The average molecular weight is 308 g/mol. The molecule has 5 nitrogen and oxygen atoms in total. The summed E-state index contributed by atoms with van der Waals surface area (Å²) in [6.07, 6.45) is 2.77. The van der Waals surface area contributed by atoms with E-state index in [0.29, 0.717) is 10.8 Å². The van der Waals surface area contributed by atoms with Crippen molar-refractivity contribution in [2.45, 2.75) is 44.8 Å². The van der Waals surface area contributed by atoms with Gasteiger partial charge in [-0.3, -0.25) is 9.59 Å². The van der Waals surface area contributed by atoms with Crippen molar-refractivity contribution < 1.29 is 14.7 Å². The van der Waals surface area contributed by atoms with Gasteiger partial charge in [-0.15, -0.1) is 11.3 Å². The molecule has 1 fully saturated rings. The molecule has 2 heterocycles. The van der Waals surface area contributed by atoms with Crippen LogP contribution in [0.2, 0.25) is 0 Å². The molecular formula is C15H20N2O3S. The van der Waals surface area contributed by atoms with Crippen LogP contribution in [0, 0.1) is 5.92 Å². The van der Waals surface area contributed by atoms with Crippen molar-refractivity contribution in [1.82, 2.24) is 4.90 Å². The van der Waals surface area contributed by atoms with Gasteiger partial charge in [-0.25, -0.2) is 0 Å². The van der Waals surface area contributed by atoms with E-state index in [9.17, 15) is 14.7 Å². The van der Waals surface area contributed by atoms with Crippen LogP contribution in [0.1, 0.15) is 39.9 Å². The molecule has 3 N–H and O–H groups in total. The van der Waals surface area contributed by atoms with Gasteiger partial charge >= 0.3 is 0 Å². The van der Waals surface area contributed by atoms with E-state index in [-0.39, 0.29) is 18.9 Å². The summed E-state index contributed by atoms with van der Waals surface area (Å²) >= 11 is 1.52. The number of aliphatic hydroxyl groups is 1. The van der Waals surface area contributed by atoms with Crippen LogP contribution >= 0.6 is 11.3 Å². The molecule has 3 unspecified atom stereocenters. The van der Waals surface area contributed by atoms with E-state index < -0.39 is 18.1 Å². The standard InChI is InChI=1S/C15H20N2O3S/c1-8-2-3-12-9(4-8)5-13(21-12)15(20)17-7-10(18)6-11(17)14(16)19/h5,8,10-11,18H,2-4,6-7H2,1H3,(H2,16,19). The van der Waals surface area contributed by atoms with Gasteiger partial charge in [0.15, 0.2) is 0 Å². The molecule has 2 amide bonds. The van der Waals surface area contributed by atoms with Gasteiger partial charge in [0.05, 0.1) is 11.0 Å². The van der Waals surface area contributed by atoms with Crippen molar-refractivity contribution in [3.05, 3.63) is 21.4 Å². The first-order chi connectivity index (χ1) is 9.95. The van der Waals surface area contributed by atoms with Crippen LogP contribution in [-0.4, -0.2) is 40.5 Å². The lowest BCUT2D eigenvalue weighted by Gasteiger charge is -2.20. The Balaban J connectivity index is 1.83. The number of nitrogens with two attached hydrogens (primary N) is 1. The van der Waals surface area contributed by atoms with Crippen molar-refractivity contribution in [2.24, 2.45) is 11.7 Å². The predicted molar refractivity (Wildman–Crippen MR) is 80.2 cm³/mol. The molecule has 1 saturated heterocycles. The van der Waals surface area contributed by atoms with Gasteiger partial charge < -0.3 is 15.7 Å². The van der Waals surface area contributed by atoms with Crippen LogP contribution in [0.4, 0.5) is 0 Å². The van der Waals surface area contributed by atoms with Crippen LogP contribution in [0.3, 0.4) is 0 Å². The molecule has 21 heavy (non-hydrogen) atoms. The number of likely N-dealkylation sites (tertiary alicyclic amines) is 1. The first kappa shape index (κ1) is 14.5. The van der Waals surface area contributed by atoms with Crippen molar-refractivity contribution in [1.29, 1.82) is 0 Å². The highest BCUT2D eigenvalue weighted by atomic mass is 32.1. The highest BCUT2D eigenvalue weighted by Crippen LogP contribution is 2.33. The summed E-state index contributed by atoms with van der Waals surface area (Å²) in [5.74, 6) is -0.0701. The number of aliphatic hydroxyl groups excluding tert-OH is 1. The van der Waals surface area contributed by atoms with Crippen molar-refractivity contribution in [2.75, 3.05) is 6.54 Å². The van der Waals surface area contributed by atoms with Gasteiger partial charge in [0.1, 0.15) is 6.04 Å². The van der Waals surface area contributed by atoms with E-state index in [4.69, 9.17) is 5.73 Å². The van der Waals surface area contributed by atoms with Crippen LogP contribution in [0.25, 0.3) is 0 Å². The number of primary amides is 1. The minimum atomic E-state index is -0.689. The average Bonchev–Trinajstić information content (AvgIpc) is 3.00. The third-order valence-electron chi connectivity index (χ3n) is 4.41. The number of carbonyl (C=O) groups is 2. The lowest BCUT2D eigenvalue weighted by Crippen LogP contribution is -2.43. The van der Waals surface area contributed by atoms with Crippen molar-refractivity contribution in [3.63, 3.8) is 0 Å². The van der Waals surface area contributed by atoms with Crippen LogP contribution < -0.4 is 5.73 Å². The second kappa shape index (κ2) is 5.42. The number of amides is 2. The zero-order valence-corrected chi connectivity index (χ0v) is 12.9. The summed E-state index contributed by atoms with van der Waals surface area (Å²) in [6.45, 7) is 2.41. The second-order valence-corrected chi connectivity index (χ2v) is 7.31. The van der Waals surface area contributed by atoms with E-state index in [1.165, 1.54) is 26.7 Å². The van der Waals surface area contributed by atoms with Crippen LogP contribution in [0.5, 0.6) is 0 Å². The molecule has 6 heteroatoms. The number of rotatable bonds is 2. The van der Waals surface area contributed by atoms with Crippen molar-refractivity contribution >= 4 is 23.2 Å². The Morgan fingerprint density at radius 1 is 1.48 bits per heavy atom. The summed E-state index contributed by atoms with van der Waals surface area (Å²) in [6, 6.07) is 1.27. The zero-order valence-electron chi connectivity index (χ0n) is 12.0. The molecule has 1 aromatic rings. The van der Waals surface area contributed by atoms with E-state index >= 15 is 0 Å². The number of thiophene rings is 1. The quantitative estimate of drug-likeness (QED) is 0.852. The smallest absolute Gasteiger partial charge is 0.264 e. The molecule has 0 saturated carbocycles. The van der Waals surface area contributed by atoms with Gasteiger partial charge in [-0.1, -0.05) is 6.92 Å². The normalized spacial score (nSPS) is 28.5. The molecular weight excluding hydrogens is 288 g/mol. The summed E-state index contributed by atoms with van der Waals surface area (Å²) < 4.78 is 0. The molecule has 0 radical (unpaired) electrons. The van der Waals surface area contributed by atoms with Gasteiger partial charge in [0.25, 0.3) is 5.91 Å². The molecule has 1 aliphatic carbocycles. The Hall–Kier alpha value is -1.40. The third kappa shape index (κ3) is 2.70. The van der Waals surface area contributed by atoms with Crippen molar-refractivity contribution in [3.8, 4) is 0 Å². The topological polar surface area (TPSA) is 83.6 Å². The summed E-state index contributed by atoms with van der Waals surface area (Å²) in [7, 11) is 0. The third-order valence-corrected chi connectivity index (χ3v) is 5.63. The van der Waals surface area contributed by atoms with E-state index in [2.05, 4.69) is 6.92 Å². The fourth-order valence-corrected chi connectivity index (χ4v) is 4.43. The van der Waals surface area contributed by atoms with Gasteiger partial charge in [-0.05, 0) is 36.8 Å². The van der Waals surface area contributed by atoms with Gasteiger partial charge in [0.2, 0.25) is 5.91 Å². The van der Waals surface area contributed by atoms with Crippen LogP contribution in [0.15, 0.2) is 6.07 Å². The lowest BCUT2D eigenvalue weighted by molar-refractivity contribution is -0.121. The molecule has 1 aliphatic heterocycles. The first-order valence-electron chi connectivity index (χ1n) is 7.35. The number of nitrogens with zero attached hydrogens (tertiary/aromatic N) is 1. The molecule has 114 valence electrons. The Morgan fingerprint density at radius 3 is 2.95 bits per heavy atom. The Labute approximate surface area is 127 Å². The minimum absolute atomic E-state index is 0.178. The van der Waals surface area contributed by atoms with Crippen LogP contribution in [-0.2, 0) is 17.6 Å². The van der Waals surface area contributed by atoms with Gasteiger partial charge in [0, 0.05) is 17.8 Å². The largest absolute Gasteiger partial charge is 0.391 e. The monoisotopic (exact) mass is 308 g/mol. The highest BCUT2D eigenvalue weighted by Gasteiger charge is 2.38. The number of carbonyl (C=O) groups excluding carboxylic acids is 2. The minimum Gasteiger partial charge on any atom is -0.391 e. The molecule has 0 bridgehead atoms. The molecule has 0 spiro atoms. The van der Waals surface area contributed by atoms with E-state index in [0.717, 1.165) is 19.3 Å². The number of hydrogen-bond donors (Lipinski definition) is 2. The second-order valence-electron chi connectivity index (χ2n) is 6.17. The lowest BCUT2D eigenvalue weighted by atomic mass is 9.90. The number of aryl methyl sites for hydroxylation is 1. The Bertz CT molecular complexity index is 583.